The first-order chi connectivity index (χ1) is 9.02. The summed E-state index contributed by atoms with van der Waals surface area (Å²) in [4.78, 5) is 24.7. The Bertz CT molecular complexity index is 439. The van der Waals surface area contributed by atoms with Crippen LogP contribution in [0.3, 0.4) is 0 Å². The van der Waals surface area contributed by atoms with Crippen molar-refractivity contribution in [3.05, 3.63) is 35.4 Å². The molecule has 19 heavy (non-hydrogen) atoms. The van der Waals surface area contributed by atoms with Crippen LogP contribution < -0.4 is 0 Å². The van der Waals surface area contributed by atoms with Crippen molar-refractivity contribution in [2.45, 2.75) is 39.7 Å². The fourth-order valence-electron chi connectivity index (χ4n) is 1.97. The molecule has 0 bridgehead atoms. The van der Waals surface area contributed by atoms with E-state index in [1.165, 1.54) is 19.1 Å². The van der Waals surface area contributed by atoms with E-state index in [9.17, 15) is 18.4 Å². The molecule has 2 amide bonds. The molecule has 1 aromatic carbocycles. The molecular formula is C14H17F2NO2. The molecule has 104 valence electrons. The highest BCUT2D eigenvalue weighted by Crippen LogP contribution is 2.26. The minimum absolute atomic E-state index is 0.290. The topological polar surface area (TPSA) is 37.4 Å². The largest absolute Gasteiger partial charge is 0.271 e. The van der Waals surface area contributed by atoms with Crippen molar-refractivity contribution in [3.63, 3.8) is 0 Å². The molecule has 0 radical (unpaired) electrons. The Morgan fingerprint density at radius 3 is 1.84 bits per heavy atom. The lowest BCUT2D eigenvalue weighted by Gasteiger charge is -2.21. The Morgan fingerprint density at radius 2 is 1.47 bits per heavy atom. The molecule has 2 rings (SSSR count). The van der Waals surface area contributed by atoms with Crippen molar-refractivity contribution in [1.82, 2.24) is 4.90 Å². The summed E-state index contributed by atoms with van der Waals surface area (Å²) in [5.74, 6) is -0.975. The number of imide groups is 1. The SMILES string of the molecule is CC.CC(CC(F)F)N1C(=O)c2ccccc2C1=O. The predicted molar refractivity (Wildman–Crippen MR) is 68.4 cm³/mol. The van der Waals surface area contributed by atoms with Crippen molar-refractivity contribution in [3.8, 4) is 0 Å². The second kappa shape index (κ2) is 6.41. The molecule has 5 heteroatoms. The summed E-state index contributed by atoms with van der Waals surface area (Å²) >= 11 is 0. The van der Waals surface area contributed by atoms with Crippen LogP contribution in [0.2, 0.25) is 0 Å². The van der Waals surface area contributed by atoms with Crippen LogP contribution in [-0.4, -0.2) is 29.2 Å². The van der Waals surface area contributed by atoms with Crippen LogP contribution in [0.5, 0.6) is 0 Å². The third kappa shape index (κ3) is 2.97. The van der Waals surface area contributed by atoms with Gasteiger partial charge in [0.2, 0.25) is 6.43 Å². The number of carbonyl (C=O) groups is 2. The molecule has 0 saturated heterocycles. The highest BCUT2D eigenvalue weighted by atomic mass is 19.3. The highest BCUT2D eigenvalue weighted by molar-refractivity contribution is 6.21. The predicted octanol–water partition coefficient (Wildman–Crippen LogP) is 3.35. The molecular weight excluding hydrogens is 252 g/mol. The van der Waals surface area contributed by atoms with E-state index in [1.807, 2.05) is 13.8 Å². The Hall–Kier alpha value is -1.78. The number of hydrogen-bond acceptors (Lipinski definition) is 2. The van der Waals surface area contributed by atoms with Gasteiger partial charge in [-0.05, 0) is 19.1 Å². The molecule has 0 spiro atoms. The molecule has 1 aliphatic rings. The van der Waals surface area contributed by atoms with Gasteiger partial charge in [0.25, 0.3) is 11.8 Å². The second-order valence-electron chi connectivity index (χ2n) is 4.00. The van der Waals surface area contributed by atoms with E-state index < -0.39 is 30.7 Å². The van der Waals surface area contributed by atoms with Gasteiger partial charge in [0.1, 0.15) is 0 Å². The van der Waals surface area contributed by atoms with E-state index in [-0.39, 0.29) is 0 Å². The number of amides is 2. The summed E-state index contributed by atoms with van der Waals surface area (Å²) in [5.41, 5.74) is 0.581. The maximum atomic E-state index is 12.3. The lowest BCUT2D eigenvalue weighted by Crippen LogP contribution is -2.39. The van der Waals surface area contributed by atoms with Crippen LogP contribution >= 0.6 is 0 Å². The van der Waals surface area contributed by atoms with Crippen LogP contribution in [0.1, 0.15) is 47.9 Å². The van der Waals surface area contributed by atoms with E-state index in [1.54, 1.807) is 12.1 Å². The van der Waals surface area contributed by atoms with Crippen LogP contribution in [-0.2, 0) is 0 Å². The minimum atomic E-state index is -2.53. The van der Waals surface area contributed by atoms with E-state index in [0.29, 0.717) is 11.1 Å². The minimum Gasteiger partial charge on any atom is -0.271 e. The number of fused-ring (bicyclic) bond motifs is 1. The lowest BCUT2D eigenvalue weighted by atomic mass is 10.1. The molecule has 0 fully saturated rings. The molecule has 3 nitrogen and oxygen atoms in total. The van der Waals surface area contributed by atoms with Gasteiger partial charge in [-0.25, -0.2) is 8.78 Å². The van der Waals surface area contributed by atoms with Gasteiger partial charge < -0.3 is 0 Å². The van der Waals surface area contributed by atoms with Gasteiger partial charge >= 0.3 is 0 Å². The van der Waals surface area contributed by atoms with Crippen LogP contribution in [0, 0.1) is 0 Å². The van der Waals surface area contributed by atoms with Gasteiger partial charge in [0.15, 0.2) is 0 Å². The Labute approximate surface area is 111 Å². The second-order valence-corrected chi connectivity index (χ2v) is 4.00. The van der Waals surface area contributed by atoms with Gasteiger partial charge in [0, 0.05) is 12.5 Å². The number of hydrogen-bond donors (Lipinski definition) is 0. The summed E-state index contributed by atoms with van der Waals surface area (Å²) in [6, 6.07) is 5.56. The molecule has 0 aliphatic carbocycles. The maximum Gasteiger partial charge on any atom is 0.261 e. The van der Waals surface area contributed by atoms with Gasteiger partial charge in [-0.15, -0.1) is 0 Å². The van der Waals surface area contributed by atoms with Gasteiger partial charge in [0.05, 0.1) is 11.1 Å². The van der Waals surface area contributed by atoms with Crippen molar-refractivity contribution < 1.29 is 18.4 Å². The molecule has 1 atom stereocenters. The first-order valence-electron chi connectivity index (χ1n) is 6.27. The van der Waals surface area contributed by atoms with Gasteiger partial charge in [-0.1, -0.05) is 26.0 Å². The number of halogens is 2. The first kappa shape index (κ1) is 15.3. The molecule has 1 aromatic rings. The van der Waals surface area contributed by atoms with E-state index in [0.717, 1.165) is 4.90 Å². The monoisotopic (exact) mass is 269 g/mol. The van der Waals surface area contributed by atoms with Gasteiger partial charge in [-0.3, -0.25) is 14.5 Å². The average molecular weight is 269 g/mol. The Kier molecular flexibility index (Phi) is 5.15. The van der Waals surface area contributed by atoms with Crippen LogP contribution in [0.4, 0.5) is 8.78 Å². The number of nitrogens with zero attached hydrogens (tertiary/aromatic N) is 1. The third-order valence-corrected chi connectivity index (χ3v) is 2.79. The van der Waals surface area contributed by atoms with E-state index >= 15 is 0 Å². The van der Waals surface area contributed by atoms with Crippen molar-refractivity contribution in [2.24, 2.45) is 0 Å². The Morgan fingerprint density at radius 1 is 1.05 bits per heavy atom. The molecule has 1 heterocycles. The Balaban J connectivity index is 0.000000861. The zero-order chi connectivity index (χ0) is 14.6. The lowest BCUT2D eigenvalue weighted by molar-refractivity contribution is 0.0504. The standard InChI is InChI=1S/C12H11F2NO2.C2H6/c1-7(6-10(13)14)15-11(16)8-4-2-3-5-9(8)12(15)17;1-2/h2-5,7,10H,6H2,1H3;1-2H3. The molecule has 1 aliphatic heterocycles. The number of carbonyl (C=O) groups excluding carboxylic acids is 2. The highest BCUT2D eigenvalue weighted by Gasteiger charge is 2.38. The molecule has 0 aromatic heterocycles. The van der Waals surface area contributed by atoms with Crippen molar-refractivity contribution >= 4 is 11.8 Å². The van der Waals surface area contributed by atoms with Gasteiger partial charge in [-0.2, -0.15) is 0 Å². The number of rotatable bonds is 3. The average Bonchev–Trinajstić information content (AvgIpc) is 2.64. The smallest absolute Gasteiger partial charge is 0.261 e. The fourth-order valence-corrected chi connectivity index (χ4v) is 1.97. The fraction of sp³-hybridized carbons (Fsp3) is 0.429. The third-order valence-electron chi connectivity index (χ3n) is 2.79. The normalized spacial score (nSPS) is 15.2. The van der Waals surface area contributed by atoms with Crippen molar-refractivity contribution in [2.75, 3.05) is 0 Å². The van der Waals surface area contributed by atoms with Crippen LogP contribution in [0.15, 0.2) is 24.3 Å². The summed E-state index contributed by atoms with van der Waals surface area (Å²) in [6.45, 7) is 5.45. The van der Waals surface area contributed by atoms with Crippen LogP contribution in [0.25, 0.3) is 0 Å². The summed E-state index contributed by atoms with van der Waals surface area (Å²) in [5, 5.41) is 0. The molecule has 0 saturated carbocycles. The van der Waals surface area contributed by atoms with Crippen molar-refractivity contribution in [1.29, 1.82) is 0 Å². The molecule has 1 unspecified atom stereocenters. The number of alkyl halides is 2. The summed E-state index contributed by atoms with van der Waals surface area (Å²) in [7, 11) is 0. The zero-order valence-electron chi connectivity index (χ0n) is 11.2. The summed E-state index contributed by atoms with van der Waals surface area (Å²) in [6.07, 6.45) is -3.03. The summed E-state index contributed by atoms with van der Waals surface area (Å²) < 4.78 is 24.5. The number of benzene rings is 1. The molecule has 0 N–H and O–H groups in total. The zero-order valence-corrected chi connectivity index (χ0v) is 11.2. The quantitative estimate of drug-likeness (QED) is 0.789. The van der Waals surface area contributed by atoms with E-state index in [4.69, 9.17) is 0 Å². The maximum absolute atomic E-state index is 12.3. The van der Waals surface area contributed by atoms with E-state index in [2.05, 4.69) is 0 Å². The first-order valence-corrected chi connectivity index (χ1v) is 6.27.